The van der Waals surface area contributed by atoms with Gasteiger partial charge in [-0.1, -0.05) is 0 Å². The Morgan fingerprint density at radius 2 is 2.11 bits per heavy atom. The van der Waals surface area contributed by atoms with Crippen molar-refractivity contribution in [3.05, 3.63) is 27.3 Å². The Labute approximate surface area is 116 Å². The number of hydrogen-bond acceptors (Lipinski definition) is 3. The zero-order valence-corrected chi connectivity index (χ0v) is 11.5. The zero-order chi connectivity index (χ0) is 13.1. The summed E-state index contributed by atoms with van der Waals surface area (Å²) in [6, 6.07) is 1.68. The minimum Gasteiger partial charge on any atom is -0.378 e. The number of carbonyl (C=O) groups is 1. The molecule has 1 amide bonds. The second-order valence-corrected chi connectivity index (χ2v) is 4.90. The van der Waals surface area contributed by atoms with E-state index >= 15 is 0 Å². The molecule has 1 saturated heterocycles. The van der Waals surface area contributed by atoms with Crippen molar-refractivity contribution in [2.45, 2.75) is 6.04 Å². The van der Waals surface area contributed by atoms with Crippen LogP contribution < -0.4 is 10.6 Å². The summed E-state index contributed by atoms with van der Waals surface area (Å²) in [7, 11) is 0. The minimum atomic E-state index is -0.696. The molecule has 2 N–H and O–H groups in total. The van der Waals surface area contributed by atoms with Gasteiger partial charge in [-0.25, -0.2) is 8.78 Å². The van der Waals surface area contributed by atoms with Crippen LogP contribution in [0.1, 0.15) is 0 Å². The standard InChI is InChI=1S/C11H11F2IN2O2/c12-7-3-6(4-8(13)10(7)14)16-11(17)9-5-18-2-1-15-9/h3-4,9,15H,1-2,5H2,(H,16,17). The fourth-order valence-corrected chi connectivity index (χ4v) is 1.90. The molecular weight excluding hydrogens is 357 g/mol. The predicted molar refractivity (Wildman–Crippen MR) is 70.3 cm³/mol. The van der Waals surface area contributed by atoms with E-state index in [1.54, 1.807) is 22.6 Å². The highest BCUT2D eigenvalue weighted by atomic mass is 127. The van der Waals surface area contributed by atoms with E-state index in [4.69, 9.17) is 4.74 Å². The third-order valence-electron chi connectivity index (χ3n) is 2.49. The van der Waals surface area contributed by atoms with Gasteiger partial charge >= 0.3 is 0 Å². The van der Waals surface area contributed by atoms with Gasteiger partial charge in [0.15, 0.2) is 0 Å². The second kappa shape index (κ2) is 5.89. The highest BCUT2D eigenvalue weighted by molar-refractivity contribution is 14.1. The number of benzene rings is 1. The number of nitrogens with one attached hydrogen (secondary N) is 2. The van der Waals surface area contributed by atoms with Crippen LogP contribution in [-0.4, -0.2) is 31.7 Å². The molecule has 4 nitrogen and oxygen atoms in total. The molecular formula is C11H11F2IN2O2. The number of rotatable bonds is 2. The third kappa shape index (κ3) is 3.15. The smallest absolute Gasteiger partial charge is 0.243 e. The highest BCUT2D eigenvalue weighted by Crippen LogP contribution is 2.20. The molecule has 0 bridgehead atoms. The van der Waals surface area contributed by atoms with E-state index in [2.05, 4.69) is 10.6 Å². The molecule has 1 aromatic carbocycles. The van der Waals surface area contributed by atoms with Gasteiger partial charge in [-0.3, -0.25) is 4.79 Å². The molecule has 0 saturated carbocycles. The van der Waals surface area contributed by atoms with Crippen molar-refractivity contribution in [1.29, 1.82) is 0 Å². The molecule has 1 heterocycles. The van der Waals surface area contributed by atoms with Crippen LogP contribution >= 0.6 is 22.6 Å². The average Bonchev–Trinajstić information content (AvgIpc) is 2.37. The van der Waals surface area contributed by atoms with E-state index in [1.165, 1.54) is 0 Å². The maximum absolute atomic E-state index is 13.3. The maximum Gasteiger partial charge on any atom is 0.243 e. The van der Waals surface area contributed by atoms with Crippen molar-refractivity contribution < 1.29 is 18.3 Å². The molecule has 0 spiro atoms. The van der Waals surface area contributed by atoms with E-state index in [-0.39, 0.29) is 21.8 Å². The number of anilines is 1. The zero-order valence-electron chi connectivity index (χ0n) is 9.30. The van der Waals surface area contributed by atoms with Gasteiger partial charge in [0.2, 0.25) is 5.91 Å². The van der Waals surface area contributed by atoms with Crippen LogP contribution in [0.4, 0.5) is 14.5 Å². The Kier molecular flexibility index (Phi) is 4.46. The second-order valence-electron chi connectivity index (χ2n) is 3.82. The Bertz CT molecular complexity index is 441. The van der Waals surface area contributed by atoms with Crippen LogP contribution in [0.5, 0.6) is 0 Å². The van der Waals surface area contributed by atoms with Gasteiger partial charge < -0.3 is 15.4 Å². The van der Waals surface area contributed by atoms with E-state index in [0.717, 1.165) is 12.1 Å². The SMILES string of the molecule is O=C(Nc1cc(F)c(I)c(F)c1)C1COCCN1. The van der Waals surface area contributed by atoms with Crippen molar-refractivity contribution in [2.75, 3.05) is 25.1 Å². The van der Waals surface area contributed by atoms with Crippen molar-refractivity contribution in [2.24, 2.45) is 0 Å². The lowest BCUT2D eigenvalue weighted by molar-refractivity contribution is -0.120. The van der Waals surface area contributed by atoms with E-state index in [9.17, 15) is 13.6 Å². The van der Waals surface area contributed by atoms with Gasteiger partial charge in [-0.2, -0.15) is 0 Å². The molecule has 98 valence electrons. The topological polar surface area (TPSA) is 50.4 Å². The summed E-state index contributed by atoms with van der Waals surface area (Å²) in [5.74, 6) is -1.76. The predicted octanol–water partition coefficient (Wildman–Crippen LogP) is 1.50. The summed E-state index contributed by atoms with van der Waals surface area (Å²) >= 11 is 1.57. The normalized spacial score (nSPS) is 19.6. The molecule has 0 aliphatic carbocycles. The summed E-state index contributed by atoms with van der Waals surface area (Å²) in [6.07, 6.45) is 0. The number of carbonyl (C=O) groups excluding carboxylic acids is 1. The summed E-state index contributed by atoms with van der Waals surface area (Å²) in [4.78, 5) is 11.8. The lowest BCUT2D eigenvalue weighted by Crippen LogP contribution is -2.48. The van der Waals surface area contributed by atoms with Crippen molar-refractivity contribution in [3.8, 4) is 0 Å². The fourth-order valence-electron chi connectivity index (χ4n) is 1.59. The Morgan fingerprint density at radius 3 is 2.67 bits per heavy atom. The molecule has 1 aromatic rings. The summed E-state index contributed by atoms with van der Waals surface area (Å²) in [5.41, 5.74) is 0.0998. The quantitative estimate of drug-likeness (QED) is 0.615. The van der Waals surface area contributed by atoms with Crippen LogP contribution in [0.25, 0.3) is 0 Å². The van der Waals surface area contributed by atoms with Crippen LogP contribution in [-0.2, 0) is 9.53 Å². The Hall–Kier alpha value is -0.800. The van der Waals surface area contributed by atoms with Crippen LogP contribution in [0.15, 0.2) is 12.1 Å². The van der Waals surface area contributed by atoms with Gasteiger partial charge in [0.1, 0.15) is 17.7 Å². The van der Waals surface area contributed by atoms with E-state index in [1.807, 2.05) is 0 Å². The molecule has 0 aromatic heterocycles. The maximum atomic E-state index is 13.3. The Morgan fingerprint density at radius 1 is 1.44 bits per heavy atom. The summed E-state index contributed by atoms with van der Waals surface area (Å²) < 4.78 is 31.6. The number of ether oxygens (including phenoxy) is 1. The molecule has 1 unspecified atom stereocenters. The van der Waals surface area contributed by atoms with Crippen molar-refractivity contribution in [3.63, 3.8) is 0 Å². The molecule has 1 aliphatic heterocycles. The first-order valence-electron chi connectivity index (χ1n) is 5.34. The van der Waals surface area contributed by atoms with Crippen LogP contribution in [0.2, 0.25) is 0 Å². The average molecular weight is 368 g/mol. The van der Waals surface area contributed by atoms with Gasteiger partial charge in [0.25, 0.3) is 0 Å². The number of hydrogen-bond donors (Lipinski definition) is 2. The largest absolute Gasteiger partial charge is 0.378 e. The van der Waals surface area contributed by atoms with Crippen LogP contribution in [0, 0.1) is 15.2 Å². The van der Waals surface area contributed by atoms with Crippen molar-refractivity contribution >= 4 is 34.2 Å². The van der Waals surface area contributed by atoms with Gasteiger partial charge in [0.05, 0.1) is 16.8 Å². The lowest BCUT2D eigenvalue weighted by atomic mass is 10.2. The highest BCUT2D eigenvalue weighted by Gasteiger charge is 2.21. The molecule has 2 rings (SSSR count). The van der Waals surface area contributed by atoms with Crippen molar-refractivity contribution in [1.82, 2.24) is 5.32 Å². The fraction of sp³-hybridized carbons (Fsp3) is 0.364. The lowest BCUT2D eigenvalue weighted by Gasteiger charge is -2.22. The molecule has 1 atom stereocenters. The van der Waals surface area contributed by atoms with Crippen LogP contribution in [0.3, 0.4) is 0 Å². The molecule has 0 radical (unpaired) electrons. The monoisotopic (exact) mass is 368 g/mol. The molecule has 1 aliphatic rings. The first-order valence-corrected chi connectivity index (χ1v) is 6.42. The third-order valence-corrected chi connectivity index (χ3v) is 3.52. The molecule has 18 heavy (non-hydrogen) atoms. The Balaban J connectivity index is 2.06. The first kappa shape index (κ1) is 13.6. The van der Waals surface area contributed by atoms with Gasteiger partial charge in [0, 0.05) is 12.2 Å². The molecule has 7 heteroatoms. The van der Waals surface area contributed by atoms with Gasteiger partial charge in [-0.15, -0.1) is 0 Å². The number of morpholine rings is 1. The summed E-state index contributed by atoms with van der Waals surface area (Å²) in [5, 5.41) is 5.41. The number of amides is 1. The summed E-state index contributed by atoms with van der Waals surface area (Å²) in [6.45, 7) is 1.38. The first-order chi connectivity index (χ1) is 8.58. The minimum absolute atomic E-state index is 0.0928. The number of halogens is 3. The van der Waals surface area contributed by atoms with E-state index < -0.39 is 17.7 Å². The van der Waals surface area contributed by atoms with E-state index in [0.29, 0.717) is 13.2 Å². The van der Waals surface area contributed by atoms with Gasteiger partial charge in [-0.05, 0) is 34.7 Å². The molecule has 1 fully saturated rings.